The Bertz CT molecular complexity index is 698. The lowest BCUT2D eigenvalue weighted by atomic mass is 10.0. The quantitative estimate of drug-likeness (QED) is 0.731. The lowest BCUT2D eigenvalue weighted by Gasteiger charge is -2.25. The summed E-state index contributed by atoms with van der Waals surface area (Å²) < 4.78 is 10.6. The molecule has 0 amide bonds. The normalized spacial score (nSPS) is 14.8. The number of piperidine rings is 1. The van der Waals surface area contributed by atoms with Crippen molar-refractivity contribution in [2.24, 2.45) is 0 Å². The molecule has 0 N–H and O–H groups in total. The third-order valence-electron chi connectivity index (χ3n) is 4.58. The first-order valence-corrected chi connectivity index (χ1v) is 8.69. The van der Waals surface area contributed by atoms with Gasteiger partial charge in [0.1, 0.15) is 12.4 Å². The highest BCUT2D eigenvalue weighted by Crippen LogP contribution is 2.22. The van der Waals surface area contributed by atoms with Gasteiger partial charge in [-0.1, -0.05) is 30.7 Å². The summed E-state index contributed by atoms with van der Waals surface area (Å²) in [5, 5.41) is 2.21. The Morgan fingerprint density at radius 2 is 1.76 bits per heavy atom. The van der Waals surface area contributed by atoms with Crippen LogP contribution < -0.4 is 4.74 Å². The first-order chi connectivity index (χ1) is 11.7. The molecule has 1 heterocycles. The zero-order chi connectivity index (χ0) is 16.8. The van der Waals surface area contributed by atoms with Crippen molar-refractivity contribution in [1.29, 1.82) is 0 Å². The van der Waals surface area contributed by atoms with E-state index in [0.29, 0.717) is 13.0 Å². The number of likely N-dealkylation sites (tertiary alicyclic amines) is 1. The first-order valence-electron chi connectivity index (χ1n) is 8.69. The van der Waals surface area contributed by atoms with Gasteiger partial charge in [-0.3, -0.25) is 9.69 Å². The highest BCUT2D eigenvalue weighted by molar-refractivity contribution is 5.86. The number of fused-ring (bicyclic) bond motifs is 1. The number of methoxy groups -OCH3 is 1. The van der Waals surface area contributed by atoms with E-state index >= 15 is 0 Å². The Morgan fingerprint density at radius 1 is 1.04 bits per heavy atom. The minimum Gasteiger partial charge on any atom is -0.497 e. The molecular formula is C20H26ClNO3. The number of nitrogens with zero attached hydrogens (tertiary/aromatic N) is 1. The minimum atomic E-state index is -0.153. The van der Waals surface area contributed by atoms with Gasteiger partial charge in [-0.25, -0.2) is 0 Å². The maximum atomic E-state index is 12.0. The first kappa shape index (κ1) is 19.5. The number of carbonyl (C=O) groups excluding carboxylic acids is 1. The molecule has 2 aromatic rings. The van der Waals surface area contributed by atoms with E-state index in [-0.39, 0.29) is 18.4 Å². The fraction of sp³-hybridized carbons (Fsp3) is 0.450. The second-order valence-corrected chi connectivity index (χ2v) is 6.35. The molecule has 5 heteroatoms. The maximum Gasteiger partial charge on any atom is 0.310 e. The Kier molecular flexibility index (Phi) is 7.53. The van der Waals surface area contributed by atoms with Crippen molar-refractivity contribution in [3.05, 3.63) is 42.0 Å². The number of hydrogen-bond donors (Lipinski definition) is 0. The molecule has 1 fully saturated rings. The number of ether oxygens (including phenoxy) is 2. The SMILES string of the molecule is COc1ccc2cc(CC(=O)OCCN3CCCCC3)ccc2c1.Cl. The summed E-state index contributed by atoms with van der Waals surface area (Å²) in [5.74, 6) is 0.687. The monoisotopic (exact) mass is 363 g/mol. The predicted octanol–water partition coefficient (Wildman–Crippen LogP) is 3.84. The molecule has 0 bridgehead atoms. The van der Waals surface area contributed by atoms with Crippen LogP contribution in [0, 0.1) is 0 Å². The number of esters is 1. The number of halogens is 1. The third kappa shape index (κ3) is 5.62. The van der Waals surface area contributed by atoms with Gasteiger partial charge in [0.25, 0.3) is 0 Å². The summed E-state index contributed by atoms with van der Waals surface area (Å²) in [5.41, 5.74) is 0.982. The molecule has 25 heavy (non-hydrogen) atoms. The lowest BCUT2D eigenvalue weighted by molar-refractivity contribution is -0.143. The molecule has 136 valence electrons. The second kappa shape index (κ2) is 9.64. The second-order valence-electron chi connectivity index (χ2n) is 6.35. The average molecular weight is 364 g/mol. The van der Waals surface area contributed by atoms with Crippen LogP contribution in [-0.4, -0.2) is 44.2 Å². The molecular weight excluding hydrogens is 338 g/mol. The molecule has 0 unspecified atom stereocenters. The van der Waals surface area contributed by atoms with Gasteiger partial charge in [-0.2, -0.15) is 0 Å². The summed E-state index contributed by atoms with van der Waals surface area (Å²) in [7, 11) is 1.66. The molecule has 1 aliphatic rings. The predicted molar refractivity (Wildman–Crippen MR) is 103 cm³/mol. The van der Waals surface area contributed by atoms with Crippen LogP contribution in [0.3, 0.4) is 0 Å². The number of benzene rings is 2. The Labute approximate surface area is 155 Å². The fourth-order valence-corrected chi connectivity index (χ4v) is 3.20. The van der Waals surface area contributed by atoms with Gasteiger partial charge in [0.2, 0.25) is 0 Å². The molecule has 2 aromatic carbocycles. The van der Waals surface area contributed by atoms with E-state index in [2.05, 4.69) is 4.90 Å². The Morgan fingerprint density at radius 3 is 2.52 bits per heavy atom. The Hall–Kier alpha value is -1.78. The number of carbonyl (C=O) groups is 1. The Balaban J connectivity index is 0.00000225. The maximum absolute atomic E-state index is 12.0. The standard InChI is InChI=1S/C20H25NO3.ClH/c1-23-19-8-7-17-13-16(5-6-18(17)15-19)14-20(22)24-12-11-21-9-3-2-4-10-21;/h5-8,13,15H,2-4,9-12,14H2,1H3;1H. The van der Waals surface area contributed by atoms with E-state index in [1.165, 1.54) is 19.3 Å². The van der Waals surface area contributed by atoms with E-state index in [9.17, 15) is 4.79 Å². The molecule has 0 aromatic heterocycles. The third-order valence-corrected chi connectivity index (χ3v) is 4.58. The largest absolute Gasteiger partial charge is 0.497 e. The fourth-order valence-electron chi connectivity index (χ4n) is 3.20. The van der Waals surface area contributed by atoms with Crippen LogP contribution in [0.5, 0.6) is 5.75 Å². The van der Waals surface area contributed by atoms with E-state index in [4.69, 9.17) is 9.47 Å². The van der Waals surface area contributed by atoms with Crippen molar-refractivity contribution in [3.63, 3.8) is 0 Å². The molecule has 3 rings (SSSR count). The molecule has 0 aliphatic carbocycles. The molecule has 1 aliphatic heterocycles. The van der Waals surface area contributed by atoms with Gasteiger partial charge in [0, 0.05) is 6.54 Å². The van der Waals surface area contributed by atoms with Crippen LogP contribution in [-0.2, 0) is 16.0 Å². The zero-order valence-corrected chi connectivity index (χ0v) is 15.5. The summed E-state index contributed by atoms with van der Waals surface area (Å²) in [6.07, 6.45) is 4.16. The van der Waals surface area contributed by atoms with E-state index in [1.54, 1.807) is 7.11 Å². The van der Waals surface area contributed by atoms with Crippen LogP contribution in [0.2, 0.25) is 0 Å². The molecule has 0 atom stereocenters. The van der Waals surface area contributed by atoms with E-state index < -0.39 is 0 Å². The van der Waals surface area contributed by atoms with Crippen LogP contribution >= 0.6 is 12.4 Å². The summed E-state index contributed by atoms with van der Waals surface area (Å²) in [4.78, 5) is 14.4. The zero-order valence-electron chi connectivity index (χ0n) is 14.7. The van der Waals surface area contributed by atoms with Gasteiger partial charge in [0.05, 0.1) is 13.5 Å². The molecule has 1 saturated heterocycles. The van der Waals surface area contributed by atoms with E-state index in [1.807, 2.05) is 36.4 Å². The summed E-state index contributed by atoms with van der Waals surface area (Å²) >= 11 is 0. The van der Waals surface area contributed by atoms with Gasteiger partial charge < -0.3 is 9.47 Å². The number of hydrogen-bond acceptors (Lipinski definition) is 4. The molecule has 0 spiro atoms. The van der Waals surface area contributed by atoms with Crippen molar-refractivity contribution < 1.29 is 14.3 Å². The van der Waals surface area contributed by atoms with Crippen molar-refractivity contribution in [1.82, 2.24) is 4.90 Å². The van der Waals surface area contributed by atoms with Crippen LogP contribution in [0.25, 0.3) is 10.8 Å². The number of rotatable bonds is 6. The summed E-state index contributed by atoms with van der Waals surface area (Å²) in [6, 6.07) is 12.0. The van der Waals surface area contributed by atoms with Gasteiger partial charge in [-0.05, 0) is 54.4 Å². The smallest absolute Gasteiger partial charge is 0.310 e. The van der Waals surface area contributed by atoms with Crippen LogP contribution in [0.4, 0.5) is 0 Å². The van der Waals surface area contributed by atoms with Crippen molar-refractivity contribution in [3.8, 4) is 5.75 Å². The van der Waals surface area contributed by atoms with Crippen LogP contribution in [0.15, 0.2) is 36.4 Å². The van der Waals surface area contributed by atoms with Gasteiger partial charge in [-0.15, -0.1) is 12.4 Å². The molecule has 4 nitrogen and oxygen atoms in total. The minimum absolute atomic E-state index is 0. The van der Waals surface area contributed by atoms with E-state index in [0.717, 1.165) is 41.7 Å². The molecule has 0 radical (unpaired) electrons. The topological polar surface area (TPSA) is 38.8 Å². The highest BCUT2D eigenvalue weighted by atomic mass is 35.5. The molecule has 0 saturated carbocycles. The lowest BCUT2D eigenvalue weighted by Crippen LogP contribution is -2.33. The van der Waals surface area contributed by atoms with Crippen molar-refractivity contribution in [2.75, 3.05) is 33.4 Å². The van der Waals surface area contributed by atoms with Crippen molar-refractivity contribution >= 4 is 29.1 Å². The highest BCUT2D eigenvalue weighted by Gasteiger charge is 2.11. The average Bonchev–Trinajstić information content (AvgIpc) is 2.62. The van der Waals surface area contributed by atoms with Crippen molar-refractivity contribution in [2.45, 2.75) is 25.7 Å². The van der Waals surface area contributed by atoms with Gasteiger partial charge >= 0.3 is 5.97 Å². The summed E-state index contributed by atoms with van der Waals surface area (Å²) in [6.45, 7) is 3.60. The van der Waals surface area contributed by atoms with Crippen LogP contribution in [0.1, 0.15) is 24.8 Å². The van der Waals surface area contributed by atoms with Gasteiger partial charge in [0.15, 0.2) is 0 Å².